The largest absolute Gasteiger partial charge is 0.462 e. The van der Waals surface area contributed by atoms with E-state index in [-0.39, 0.29) is 19.1 Å². The van der Waals surface area contributed by atoms with Gasteiger partial charge in [0.15, 0.2) is 0 Å². The van der Waals surface area contributed by atoms with Crippen LogP contribution in [0.25, 0.3) is 0 Å². The second-order valence-corrected chi connectivity index (χ2v) is 4.29. The molecular weight excluding hydrogens is 218 g/mol. The third-order valence-electron chi connectivity index (χ3n) is 2.41. The smallest absolute Gasteiger partial charge is 0.320 e. The predicted molar refractivity (Wildman–Crippen MR) is 69.4 cm³/mol. The Morgan fingerprint density at radius 2 is 1.82 bits per heavy atom. The molecule has 0 fully saturated rings. The summed E-state index contributed by atoms with van der Waals surface area (Å²) in [5.41, 5.74) is 10.5. The van der Waals surface area contributed by atoms with Gasteiger partial charge in [-0.1, -0.05) is 39.0 Å². The van der Waals surface area contributed by atoms with E-state index in [9.17, 15) is 4.79 Å². The second-order valence-electron chi connectivity index (χ2n) is 4.29. The summed E-state index contributed by atoms with van der Waals surface area (Å²) >= 11 is 0. The van der Waals surface area contributed by atoms with E-state index in [4.69, 9.17) is 16.2 Å². The first kappa shape index (κ1) is 16.4. The van der Waals surface area contributed by atoms with Crippen molar-refractivity contribution in [2.45, 2.75) is 51.6 Å². The zero-order chi connectivity index (χ0) is 12.9. The maximum atomic E-state index is 11.1. The molecule has 5 heteroatoms. The van der Waals surface area contributed by atoms with Crippen molar-refractivity contribution in [3.63, 3.8) is 0 Å². The van der Waals surface area contributed by atoms with Gasteiger partial charge in [0.1, 0.15) is 6.61 Å². The summed E-state index contributed by atoms with van der Waals surface area (Å²) in [5.74, 6) is -0.295. The first-order valence-electron chi connectivity index (χ1n) is 6.54. The Morgan fingerprint density at radius 3 is 2.47 bits per heavy atom. The van der Waals surface area contributed by atoms with Gasteiger partial charge in [-0.05, 0) is 13.0 Å². The summed E-state index contributed by atoms with van der Waals surface area (Å²) in [6.07, 6.45) is 6.92. The van der Waals surface area contributed by atoms with Crippen LogP contribution in [0.5, 0.6) is 0 Å². The summed E-state index contributed by atoms with van der Waals surface area (Å²) in [4.78, 5) is 11.1. The Bertz CT molecular complexity index is 187. The molecule has 0 aliphatic rings. The van der Waals surface area contributed by atoms with Crippen molar-refractivity contribution >= 4 is 5.97 Å². The van der Waals surface area contributed by atoms with Crippen molar-refractivity contribution in [2.75, 3.05) is 19.7 Å². The molecule has 17 heavy (non-hydrogen) atoms. The van der Waals surface area contributed by atoms with E-state index >= 15 is 0 Å². The molecule has 0 saturated heterocycles. The molecular formula is C12H27N3O2. The number of carbonyl (C=O) groups is 1. The van der Waals surface area contributed by atoms with Gasteiger partial charge in [0.2, 0.25) is 0 Å². The minimum absolute atomic E-state index is 0.0809. The molecule has 0 atom stereocenters. The van der Waals surface area contributed by atoms with Gasteiger partial charge in [-0.3, -0.25) is 4.79 Å². The maximum Gasteiger partial charge on any atom is 0.320 e. The van der Waals surface area contributed by atoms with Crippen molar-refractivity contribution < 1.29 is 9.53 Å². The highest BCUT2D eigenvalue weighted by Gasteiger charge is 2.03. The topological polar surface area (TPSA) is 90.4 Å². The van der Waals surface area contributed by atoms with Crippen LogP contribution in [0.4, 0.5) is 0 Å². The predicted octanol–water partition coefficient (Wildman–Crippen LogP) is 0.723. The number of rotatable bonds is 11. The molecule has 102 valence electrons. The summed E-state index contributed by atoms with van der Waals surface area (Å²) in [6.45, 7) is 3.38. The highest BCUT2D eigenvalue weighted by Crippen LogP contribution is 2.03. The molecule has 0 aromatic rings. The van der Waals surface area contributed by atoms with E-state index in [0.717, 1.165) is 13.0 Å². The average molecular weight is 245 g/mol. The minimum atomic E-state index is -0.586. The standard InChI is InChI=1S/C12H27N3O2/c1-2-3-4-5-6-7-8-15-9-12(16)17-10-11(13)14/h11,15H,2-10,13-14H2,1H3. The van der Waals surface area contributed by atoms with E-state index in [1.165, 1.54) is 32.1 Å². The highest BCUT2D eigenvalue weighted by molar-refractivity contribution is 5.71. The fraction of sp³-hybridized carbons (Fsp3) is 0.917. The van der Waals surface area contributed by atoms with Crippen LogP contribution < -0.4 is 16.8 Å². The summed E-state index contributed by atoms with van der Waals surface area (Å²) in [6, 6.07) is 0. The Balaban J connectivity index is 3.14. The van der Waals surface area contributed by atoms with E-state index < -0.39 is 6.17 Å². The lowest BCUT2D eigenvalue weighted by atomic mass is 10.1. The first-order valence-corrected chi connectivity index (χ1v) is 6.54. The third kappa shape index (κ3) is 13.3. The van der Waals surface area contributed by atoms with E-state index in [0.29, 0.717) is 0 Å². The van der Waals surface area contributed by atoms with Crippen LogP contribution in [0.1, 0.15) is 45.4 Å². The quantitative estimate of drug-likeness (QED) is 0.283. The minimum Gasteiger partial charge on any atom is -0.462 e. The normalized spacial score (nSPS) is 10.8. The van der Waals surface area contributed by atoms with E-state index in [2.05, 4.69) is 12.2 Å². The molecule has 0 radical (unpaired) electrons. The molecule has 0 bridgehead atoms. The van der Waals surface area contributed by atoms with Gasteiger partial charge >= 0.3 is 5.97 Å². The van der Waals surface area contributed by atoms with Gasteiger partial charge in [-0.25, -0.2) is 0 Å². The molecule has 0 amide bonds. The number of carbonyl (C=O) groups excluding carboxylic acids is 1. The molecule has 0 spiro atoms. The molecule has 5 N–H and O–H groups in total. The summed E-state index contributed by atoms with van der Waals surface area (Å²) < 4.78 is 4.81. The molecule has 0 unspecified atom stereocenters. The van der Waals surface area contributed by atoms with Crippen molar-refractivity contribution in [2.24, 2.45) is 11.5 Å². The van der Waals surface area contributed by atoms with Crippen LogP contribution in [0.15, 0.2) is 0 Å². The number of ether oxygens (including phenoxy) is 1. The molecule has 0 rings (SSSR count). The fourth-order valence-electron chi connectivity index (χ4n) is 1.46. The lowest BCUT2D eigenvalue weighted by Crippen LogP contribution is -2.37. The van der Waals surface area contributed by atoms with Gasteiger partial charge in [-0.15, -0.1) is 0 Å². The van der Waals surface area contributed by atoms with E-state index in [1.54, 1.807) is 0 Å². The van der Waals surface area contributed by atoms with Crippen LogP contribution in [0.3, 0.4) is 0 Å². The van der Waals surface area contributed by atoms with Crippen LogP contribution in [0, 0.1) is 0 Å². The zero-order valence-corrected chi connectivity index (χ0v) is 10.9. The molecule has 5 nitrogen and oxygen atoms in total. The van der Waals surface area contributed by atoms with Gasteiger partial charge in [-0.2, -0.15) is 0 Å². The van der Waals surface area contributed by atoms with Crippen LogP contribution >= 0.6 is 0 Å². The Hall–Kier alpha value is -0.650. The zero-order valence-electron chi connectivity index (χ0n) is 10.9. The Labute approximate surface area is 104 Å². The lowest BCUT2D eigenvalue weighted by Gasteiger charge is -2.08. The van der Waals surface area contributed by atoms with E-state index in [1.807, 2.05) is 0 Å². The Kier molecular flexibility index (Phi) is 11.4. The van der Waals surface area contributed by atoms with Crippen molar-refractivity contribution in [1.29, 1.82) is 0 Å². The second kappa shape index (κ2) is 11.8. The first-order chi connectivity index (χ1) is 8.16. The van der Waals surface area contributed by atoms with Gasteiger partial charge < -0.3 is 21.5 Å². The SMILES string of the molecule is CCCCCCCCNCC(=O)OCC(N)N. The number of hydrogen-bond donors (Lipinski definition) is 3. The number of unbranched alkanes of at least 4 members (excludes halogenated alkanes) is 5. The van der Waals surface area contributed by atoms with Gasteiger partial charge in [0.25, 0.3) is 0 Å². The van der Waals surface area contributed by atoms with Gasteiger partial charge in [0.05, 0.1) is 12.7 Å². The molecule has 0 aliphatic heterocycles. The van der Waals surface area contributed by atoms with Gasteiger partial charge in [0, 0.05) is 0 Å². The Morgan fingerprint density at radius 1 is 1.18 bits per heavy atom. The molecule has 0 aromatic carbocycles. The number of esters is 1. The molecule has 0 heterocycles. The van der Waals surface area contributed by atoms with Crippen LogP contribution in [-0.2, 0) is 9.53 Å². The molecule has 0 aromatic heterocycles. The summed E-state index contributed by atoms with van der Waals surface area (Å²) in [5, 5.41) is 3.04. The van der Waals surface area contributed by atoms with Crippen LogP contribution in [0.2, 0.25) is 0 Å². The number of nitrogens with one attached hydrogen (secondary N) is 1. The third-order valence-corrected chi connectivity index (χ3v) is 2.41. The molecule has 0 aliphatic carbocycles. The maximum absolute atomic E-state index is 11.1. The number of nitrogens with two attached hydrogens (primary N) is 2. The molecule has 0 saturated carbocycles. The average Bonchev–Trinajstić information content (AvgIpc) is 2.30. The fourth-order valence-corrected chi connectivity index (χ4v) is 1.46. The van der Waals surface area contributed by atoms with Crippen molar-refractivity contribution in [1.82, 2.24) is 5.32 Å². The van der Waals surface area contributed by atoms with Crippen molar-refractivity contribution in [3.8, 4) is 0 Å². The lowest BCUT2D eigenvalue weighted by molar-refractivity contribution is -0.143. The highest BCUT2D eigenvalue weighted by atomic mass is 16.5. The van der Waals surface area contributed by atoms with Crippen molar-refractivity contribution in [3.05, 3.63) is 0 Å². The summed E-state index contributed by atoms with van der Waals surface area (Å²) in [7, 11) is 0. The van der Waals surface area contributed by atoms with Crippen LogP contribution in [-0.4, -0.2) is 31.8 Å². The monoisotopic (exact) mass is 245 g/mol. The number of hydrogen-bond acceptors (Lipinski definition) is 5.